The Labute approximate surface area is 91.5 Å². The van der Waals surface area contributed by atoms with E-state index in [1.165, 1.54) is 0 Å². The maximum Gasteiger partial charge on any atom is 0.137 e. The highest BCUT2D eigenvalue weighted by molar-refractivity contribution is 5.50. The van der Waals surface area contributed by atoms with Gasteiger partial charge in [-0.2, -0.15) is 5.26 Å². The number of hydrogen-bond donors (Lipinski definition) is 0. The van der Waals surface area contributed by atoms with Crippen LogP contribution in [0.2, 0.25) is 0 Å². The second kappa shape index (κ2) is 4.84. The van der Waals surface area contributed by atoms with E-state index in [1.807, 2.05) is 26.0 Å². The number of aryl methyl sites for hydroxylation is 2. The predicted molar refractivity (Wildman–Crippen MR) is 61.0 cm³/mol. The van der Waals surface area contributed by atoms with Gasteiger partial charge < -0.3 is 4.74 Å². The average Bonchev–Trinajstić information content (AvgIpc) is 2.13. The molecule has 0 saturated heterocycles. The van der Waals surface area contributed by atoms with Gasteiger partial charge in [0.1, 0.15) is 11.8 Å². The molecule has 1 aromatic rings. The van der Waals surface area contributed by atoms with E-state index in [1.54, 1.807) is 0 Å². The molecule has 0 fully saturated rings. The molecule has 1 aromatic carbocycles. The molecule has 15 heavy (non-hydrogen) atoms. The topological polar surface area (TPSA) is 33.0 Å². The summed E-state index contributed by atoms with van der Waals surface area (Å²) in [5.41, 5.74) is 2.77. The smallest absolute Gasteiger partial charge is 0.137 e. The lowest BCUT2D eigenvalue weighted by atomic mass is 10.1. The molecule has 0 bridgehead atoms. The zero-order valence-corrected chi connectivity index (χ0v) is 9.79. The van der Waals surface area contributed by atoms with Gasteiger partial charge in [-0.1, -0.05) is 19.9 Å². The molecule has 0 aliphatic rings. The van der Waals surface area contributed by atoms with Gasteiger partial charge in [-0.3, -0.25) is 0 Å². The fourth-order valence-corrected chi connectivity index (χ4v) is 1.44. The molecule has 0 radical (unpaired) electrons. The molecule has 0 amide bonds. The van der Waals surface area contributed by atoms with Crippen molar-refractivity contribution in [2.24, 2.45) is 5.92 Å². The first-order valence-electron chi connectivity index (χ1n) is 5.18. The maximum absolute atomic E-state index is 9.03. The van der Waals surface area contributed by atoms with Crippen molar-refractivity contribution >= 4 is 0 Å². The third-order valence-corrected chi connectivity index (χ3v) is 2.13. The van der Waals surface area contributed by atoms with Crippen LogP contribution in [0.25, 0.3) is 0 Å². The molecule has 2 nitrogen and oxygen atoms in total. The summed E-state index contributed by atoms with van der Waals surface area (Å²) in [7, 11) is 0. The van der Waals surface area contributed by atoms with Crippen LogP contribution in [0.5, 0.6) is 5.75 Å². The Bertz CT molecular complexity index is 388. The summed E-state index contributed by atoms with van der Waals surface area (Å²) in [4.78, 5) is 0. The van der Waals surface area contributed by atoms with Gasteiger partial charge in [0.2, 0.25) is 0 Å². The zero-order chi connectivity index (χ0) is 11.4. The molecular formula is C13H17NO. The summed E-state index contributed by atoms with van der Waals surface area (Å²) in [6, 6.07) is 6.12. The molecule has 0 saturated carbocycles. The number of hydrogen-bond acceptors (Lipinski definition) is 2. The van der Waals surface area contributed by atoms with E-state index in [-0.39, 0.29) is 0 Å². The van der Waals surface area contributed by atoms with Gasteiger partial charge >= 0.3 is 0 Å². The Balaban J connectivity index is 3.00. The second-order valence-corrected chi connectivity index (χ2v) is 4.27. The molecule has 0 heterocycles. The monoisotopic (exact) mass is 203 g/mol. The molecule has 0 spiro atoms. The summed E-state index contributed by atoms with van der Waals surface area (Å²) < 4.78 is 5.63. The molecule has 1 rings (SSSR count). The Kier molecular flexibility index (Phi) is 3.74. The van der Waals surface area contributed by atoms with Gasteiger partial charge in [-0.05, 0) is 37.0 Å². The minimum absolute atomic E-state index is 0.470. The number of rotatable bonds is 3. The largest absolute Gasteiger partial charge is 0.492 e. The van der Waals surface area contributed by atoms with Crippen LogP contribution in [-0.4, -0.2) is 6.61 Å². The van der Waals surface area contributed by atoms with E-state index in [2.05, 4.69) is 19.9 Å². The zero-order valence-electron chi connectivity index (χ0n) is 9.79. The number of nitrogens with zero attached hydrogens (tertiary/aromatic N) is 1. The highest BCUT2D eigenvalue weighted by atomic mass is 16.5. The lowest BCUT2D eigenvalue weighted by molar-refractivity contribution is 0.270. The molecule has 0 aliphatic carbocycles. The van der Waals surface area contributed by atoms with Crippen molar-refractivity contribution < 1.29 is 4.74 Å². The van der Waals surface area contributed by atoms with Crippen LogP contribution < -0.4 is 4.74 Å². The Morgan fingerprint density at radius 2 is 2.00 bits per heavy atom. The minimum Gasteiger partial charge on any atom is -0.492 e. The van der Waals surface area contributed by atoms with Gasteiger partial charge in [0.05, 0.1) is 12.2 Å². The van der Waals surface area contributed by atoms with Crippen molar-refractivity contribution in [2.45, 2.75) is 27.7 Å². The lowest BCUT2D eigenvalue weighted by Crippen LogP contribution is -2.06. The van der Waals surface area contributed by atoms with Crippen molar-refractivity contribution in [1.82, 2.24) is 0 Å². The van der Waals surface area contributed by atoms with E-state index in [9.17, 15) is 0 Å². The summed E-state index contributed by atoms with van der Waals surface area (Å²) in [6.45, 7) is 8.78. The first-order valence-corrected chi connectivity index (χ1v) is 5.18. The van der Waals surface area contributed by atoms with Crippen LogP contribution in [0, 0.1) is 31.1 Å². The lowest BCUT2D eigenvalue weighted by Gasteiger charge is -2.12. The Hall–Kier alpha value is -1.49. The molecule has 80 valence electrons. The van der Waals surface area contributed by atoms with Gasteiger partial charge in [-0.15, -0.1) is 0 Å². The van der Waals surface area contributed by atoms with Crippen LogP contribution in [0.3, 0.4) is 0 Å². The number of nitriles is 1. The summed E-state index contributed by atoms with van der Waals surface area (Å²) >= 11 is 0. The maximum atomic E-state index is 9.03. The van der Waals surface area contributed by atoms with Crippen LogP contribution in [0.4, 0.5) is 0 Å². The Morgan fingerprint density at radius 1 is 1.33 bits per heavy atom. The summed E-state index contributed by atoms with van der Waals surface area (Å²) in [5, 5.41) is 9.03. The van der Waals surface area contributed by atoms with Gasteiger partial charge in [0.15, 0.2) is 0 Å². The molecular weight excluding hydrogens is 186 g/mol. The summed E-state index contributed by atoms with van der Waals surface area (Å²) in [5.74, 6) is 1.18. The fourth-order valence-electron chi connectivity index (χ4n) is 1.44. The molecule has 0 aromatic heterocycles. The quantitative estimate of drug-likeness (QED) is 0.755. The van der Waals surface area contributed by atoms with Crippen molar-refractivity contribution in [3.8, 4) is 11.8 Å². The van der Waals surface area contributed by atoms with E-state index in [0.717, 1.165) is 11.1 Å². The van der Waals surface area contributed by atoms with Crippen LogP contribution in [0.1, 0.15) is 30.5 Å². The van der Waals surface area contributed by atoms with Gasteiger partial charge in [-0.25, -0.2) is 0 Å². The van der Waals surface area contributed by atoms with Crippen molar-refractivity contribution in [3.63, 3.8) is 0 Å². The van der Waals surface area contributed by atoms with Crippen molar-refractivity contribution in [3.05, 3.63) is 28.8 Å². The van der Waals surface area contributed by atoms with Gasteiger partial charge in [0.25, 0.3) is 0 Å². The van der Waals surface area contributed by atoms with E-state index < -0.39 is 0 Å². The highest BCUT2D eigenvalue weighted by Crippen LogP contribution is 2.23. The van der Waals surface area contributed by atoms with Crippen LogP contribution in [0.15, 0.2) is 12.1 Å². The van der Waals surface area contributed by atoms with E-state index >= 15 is 0 Å². The average molecular weight is 203 g/mol. The standard InChI is InChI=1S/C13H17NO/c1-9(2)8-15-13-6-10(3)5-11(4)12(13)7-14/h5-6,9H,8H2,1-4H3. The van der Waals surface area contributed by atoms with Crippen LogP contribution >= 0.6 is 0 Å². The van der Waals surface area contributed by atoms with Crippen LogP contribution in [-0.2, 0) is 0 Å². The van der Waals surface area contributed by atoms with E-state index in [4.69, 9.17) is 10.00 Å². The van der Waals surface area contributed by atoms with Crippen molar-refractivity contribution in [2.75, 3.05) is 6.61 Å². The molecule has 0 atom stereocenters. The highest BCUT2D eigenvalue weighted by Gasteiger charge is 2.08. The minimum atomic E-state index is 0.470. The predicted octanol–water partition coefficient (Wildman–Crippen LogP) is 3.21. The Morgan fingerprint density at radius 3 is 2.53 bits per heavy atom. The van der Waals surface area contributed by atoms with E-state index in [0.29, 0.717) is 23.8 Å². The molecule has 0 unspecified atom stereocenters. The third-order valence-electron chi connectivity index (χ3n) is 2.13. The molecule has 2 heteroatoms. The molecule has 0 aliphatic heterocycles. The molecule has 0 N–H and O–H groups in total. The normalized spacial score (nSPS) is 10.1. The number of benzene rings is 1. The SMILES string of the molecule is Cc1cc(C)c(C#N)c(OCC(C)C)c1. The fraction of sp³-hybridized carbons (Fsp3) is 0.462. The first-order chi connectivity index (χ1) is 7.04. The van der Waals surface area contributed by atoms with Gasteiger partial charge in [0, 0.05) is 0 Å². The summed E-state index contributed by atoms with van der Waals surface area (Å²) in [6.07, 6.45) is 0. The first kappa shape index (κ1) is 11.6. The second-order valence-electron chi connectivity index (χ2n) is 4.27. The van der Waals surface area contributed by atoms with Crippen molar-refractivity contribution in [1.29, 1.82) is 5.26 Å². The third kappa shape index (κ3) is 2.99. The number of ether oxygens (including phenoxy) is 1.